The first-order chi connectivity index (χ1) is 12.8. The van der Waals surface area contributed by atoms with Crippen LogP contribution in [-0.4, -0.2) is 24.0 Å². The van der Waals surface area contributed by atoms with E-state index in [1.54, 1.807) is 6.20 Å². The minimum atomic E-state index is -0.100. The van der Waals surface area contributed by atoms with Crippen molar-refractivity contribution in [3.63, 3.8) is 0 Å². The molecule has 0 saturated carbocycles. The van der Waals surface area contributed by atoms with Gasteiger partial charge in [0.1, 0.15) is 17.9 Å². The van der Waals surface area contributed by atoms with Gasteiger partial charge in [-0.2, -0.15) is 0 Å². The van der Waals surface area contributed by atoms with Crippen LogP contribution in [0.25, 0.3) is 16.5 Å². The first-order valence-corrected chi connectivity index (χ1v) is 8.76. The van der Waals surface area contributed by atoms with E-state index in [1.807, 2.05) is 67.6 Å². The van der Waals surface area contributed by atoms with Crippen molar-refractivity contribution in [1.82, 2.24) is 10.3 Å². The summed E-state index contributed by atoms with van der Waals surface area (Å²) in [5, 5.41) is 4.01. The molecule has 26 heavy (non-hydrogen) atoms. The monoisotopic (exact) mass is 344 g/mol. The van der Waals surface area contributed by atoms with Gasteiger partial charge in [-0.25, -0.2) is 0 Å². The predicted molar refractivity (Wildman–Crippen MR) is 103 cm³/mol. The number of carbonyl (C=O) groups is 1. The summed E-state index contributed by atoms with van der Waals surface area (Å²) in [7, 11) is 0. The first kappa shape index (κ1) is 16.3. The fraction of sp³-hybridized carbons (Fsp3) is 0.182. The minimum absolute atomic E-state index is 0.0426. The molecule has 2 aromatic carbocycles. The molecule has 3 aromatic rings. The van der Waals surface area contributed by atoms with Crippen molar-refractivity contribution in [3.8, 4) is 5.75 Å². The van der Waals surface area contributed by atoms with Crippen molar-refractivity contribution in [2.45, 2.75) is 6.92 Å². The Labute approximate surface area is 152 Å². The number of aromatic nitrogens is 1. The molecule has 4 nitrogen and oxygen atoms in total. The molecule has 1 aliphatic carbocycles. The highest BCUT2D eigenvalue weighted by molar-refractivity contribution is 6.05. The van der Waals surface area contributed by atoms with Crippen LogP contribution in [-0.2, 0) is 4.79 Å². The number of benzene rings is 2. The second kappa shape index (κ2) is 7.00. The van der Waals surface area contributed by atoms with Crippen molar-refractivity contribution in [2.24, 2.45) is 5.92 Å². The Balaban J connectivity index is 1.30. The van der Waals surface area contributed by atoms with Gasteiger partial charge >= 0.3 is 0 Å². The normalized spacial score (nSPS) is 15.8. The zero-order valence-corrected chi connectivity index (χ0v) is 14.6. The molecule has 1 N–H and O–H groups in total. The van der Waals surface area contributed by atoms with Gasteiger partial charge in [0.2, 0.25) is 5.91 Å². The number of hydrogen-bond donors (Lipinski definition) is 1. The summed E-state index contributed by atoms with van der Waals surface area (Å²) >= 11 is 0. The summed E-state index contributed by atoms with van der Waals surface area (Å²) in [5.74, 6) is 0.681. The fourth-order valence-corrected chi connectivity index (χ4v) is 3.30. The highest BCUT2D eigenvalue weighted by Gasteiger charge is 2.39. The van der Waals surface area contributed by atoms with Crippen LogP contribution in [0, 0.1) is 5.92 Å². The lowest BCUT2D eigenvalue weighted by molar-refractivity contribution is -0.121. The lowest BCUT2D eigenvalue weighted by Crippen LogP contribution is -2.30. The van der Waals surface area contributed by atoms with Gasteiger partial charge in [-0.3, -0.25) is 9.78 Å². The van der Waals surface area contributed by atoms with Gasteiger partial charge in [-0.1, -0.05) is 54.1 Å². The maximum atomic E-state index is 12.4. The number of nitrogens with zero attached hydrogens (tertiary/aromatic N) is 1. The highest BCUT2D eigenvalue weighted by Crippen LogP contribution is 2.46. The van der Waals surface area contributed by atoms with E-state index in [2.05, 4.69) is 10.3 Å². The number of fused-ring (bicyclic) bond motifs is 1. The smallest absolute Gasteiger partial charge is 0.231 e. The molecule has 4 rings (SSSR count). The number of amides is 1. The third kappa shape index (κ3) is 3.18. The largest absolute Gasteiger partial charge is 0.489 e. The summed E-state index contributed by atoms with van der Waals surface area (Å²) in [4.78, 5) is 16.8. The standard InChI is InChI=1S/C22H20N2O2/c1-15-19(16-7-3-2-4-8-16)20(15)22(25)24-13-14-26-18-11-5-9-17-10-6-12-23-21(17)18/h2-12,20H,13-14H2,1H3,(H,24,25). The topological polar surface area (TPSA) is 51.2 Å². The molecule has 1 aromatic heterocycles. The van der Waals surface area contributed by atoms with Crippen LogP contribution in [0.4, 0.5) is 0 Å². The maximum Gasteiger partial charge on any atom is 0.231 e. The summed E-state index contributed by atoms with van der Waals surface area (Å²) in [6.07, 6.45) is 1.75. The zero-order valence-electron chi connectivity index (χ0n) is 14.6. The molecule has 0 bridgehead atoms. The molecule has 0 spiro atoms. The molecule has 1 aliphatic rings. The molecule has 0 aliphatic heterocycles. The average Bonchev–Trinajstić information content (AvgIpc) is 3.37. The van der Waals surface area contributed by atoms with Crippen LogP contribution in [0.15, 0.2) is 72.4 Å². The Morgan fingerprint density at radius 1 is 1.08 bits per heavy atom. The molecule has 1 heterocycles. The summed E-state index contributed by atoms with van der Waals surface area (Å²) in [6.45, 7) is 2.90. The Kier molecular flexibility index (Phi) is 4.40. The summed E-state index contributed by atoms with van der Waals surface area (Å²) < 4.78 is 5.82. The Hall–Kier alpha value is -3.14. The van der Waals surface area contributed by atoms with Gasteiger partial charge in [-0.15, -0.1) is 0 Å². The van der Waals surface area contributed by atoms with E-state index < -0.39 is 0 Å². The number of carbonyl (C=O) groups excluding carboxylic acids is 1. The third-order valence-electron chi connectivity index (χ3n) is 4.66. The van der Waals surface area contributed by atoms with Gasteiger partial charge in [0.25, 0.3) is 0 Å². The molecule has 0 saturated heterocycles. The quantitative estimate of drug-likeness (QED) is 0.691. The molecule has 1 amide bonds. The van der Waals surface area contributed by atoms with Crippen molar-refractivity contribution in [1.29, 1.82) is 0 Å². The SMILES string of the molecule is CC1=C(c2ccccc2)C1C(=O)NCCOc1cccc2cccnc12. The van der Waals surface area contributed by atoms with E-state index in [0.29, 0.717) is 13.2 Å². The van der Waals surface area contributed by atoms with Crippen molar-refractivity contribution in [3.05, 3.63) is 78.0 Å². The van der Waals surface area contributed by atoms with Crippen LogP contribution in [0.2, 0.25) is 0 Å². The third-order valence-corrected chi connectivity index (χ3v) is 4.66. The van der Waals surface area contributed by atoms with Crippen LogP contribution in [0.5, 0.6) is 5.75 Å². The molecule has 130 valence electrons. The molecule has 4 heteroatoms. The van der Waals surface area contributed by atoms with Gasteiger partial charge < -0.3 is 10.1 Å². The van der Waals surface area contributed by atoms with Crippen molar-refractivity contribution in [2.75, 3.05) is 13.2 Å². The van der Waals surface area contributed by atoms with Gasteiger partial charge in [0.15, 0.2) is 0 Å². The molecule has 1 atom stereocenters. The number of hydrogen-bond acceptors (Lipinski definition) is 3. The molecule has 1 unspecified atom stereocenters. The predicted octanol–water partition coefficient (Wildman–Crippen LogP) is 3.83. The number of pyridine rings is 1. The van der Waals surface area contributed by atoms with Crippen LogP contribution >= 0.6 is 0 Å². The van der Waals surface area contributed by atoms with E-state index in [0.717, 1.165) is 33.4 Å². The van der Waals surface area contributed by atoms with E-state index in [4.69, 9.17) is 4.74 Å². The number of nitrogens with one attached hydrogen (secondary N) is 1. The molecular formula is C22H20N2O2. The number of rotatable bonds is 6. The number of para-hydroxylation sites is 1. The van der Waals surface area contributed by atoms with Crippen molar-refractivity contribution >= 4 is 22.4 Å². The number of ether oxygens (including phenoxy) is 1. The second-order valence-electron chi connectivity index (χ2n) is 6.37. The van der Waals surface area contributed by atoms with Gasteiger partial charge in [-0.05, 0) is 30.2 Å². The highest BCUT2D eigenvalue weighted by atomic mass is 16.5. The maximum absolute atomic E-state index is 12.4. The van der Waals surface area contributed by atoms with E-state index >= 15 is 0 Å². The Morgan fingerprint density at radius 2 is 1.88 bits per heavy atom. The average molecular weight is 344 g/mol. The van der Waals surface area contributed by atoms with Crippen LogP contribution in [0.3, 0.4) is 0 Å². The van der Waals surface area contributed by atoms with Gasteiger partial charge in [0, 0.05) is 11.6 Å². The lowest BCUT2D eigenvalue weighted by atomic mass is 10.1. The summed E-state index contributed by atoms with van der Waals surface area (Å²) in [5.41, 5.74) is 4.26. The fourth-order valence-electron chi connectivity index (χ4n) is 3.30. The zero-order chi connectivity index (χ0) is 17.9. The minimum Gasteiger partial charge on any atom is -0.489 e. The van der Waals surface area contributed by atoms with Crippen LogP contribution in [0.1, 0.15) is 12.5 Å². The second-order valence-corrected chi connectivity index (χ2v) is 6.37. The van der Waals surface area contributed by atoms with Gasteiger partial charge in [0.05, 0.1) is 12.5 Å². The van der Waals surface area contributed by atoms with E-state index in [9.17, 15) is 4.79 Å². The Bertz CT molecular complexity index is 974. The lowest BCUT2D eigenvalue weighted by Gasteiger charge is -2.10. The Morgan fingerprint density at radius 3 is 2.73 bits per heavy atom. The first-order valence-electron chi connectivity index (χ1n) is 8.76. The van der Waals surface area contributed by atoms with E-state index in [1.165, 1.54) is 0 Å². The van der Waals surface area contributed by atoms with Crippen molar-refractivity contribution < 1.29 is 9.53 Å². The molecule has 0 fully saturated rings. The van der Waals surface area contributed by atoms with E-state index in [-0.39, 0.29) is 11.8 Å². The molecule has 0 radical (unpaired) electrons. The molecular weight excluding hydrogens is 324 g/mol. The summed E-state index contributed by atoms with van der Waals surface area (Å²) in [6, 6.07) is 19.8. The van der Waals surface area contributed by atoms with Crippen LogP contribution < -0.4 is 10.1 Å².